The molecule has 0 aliphatic carbocycles. The first-order chi connectivity index (χ1) is 16.8. The van der Waals surface area contributed by atoms with Crippen LogP contribution in [0.5, 0.6) is 11.5 Å². The van der Waals surface area contributed by atoms with Crippen molar-refractivity contribution < 1.29 is 22.7 Å². The molecule has 1 aliphatic heterocycles. The summed E-state index contributed by atoms with van der Waals surface area (Å²) in [6.07, 6.45) is 3.64. The second-order valence-electron chi connectivity index (χ2n) is 8.22. The largest absolute Gasteiger partial charge is 0.493 e. The van der Waals surface area contributed by atoms with Crippen LogP contribution in [-0.2, 0) is 27.8 Å². The molecule has 0 bridgehead atoms. The van der Waals surface area contributed by atoms with Crippen molar-refractivity contribution in [2.75, 3.05) is 32.1 Å². The van der Waals surface area contributed by atoms with Gasteiger partial charge in [0, 0.05) is 26.2 Å². The van der Waals surface area contributed by atoms with Gasteiger partial charge in [-0.2, -0.15) is 0 Å². The number of rotatable bonds is 8. The highest BCUT2D eigenvalue weighted by molar-refractivity contribution is 7.93. The highest BCUT2D eigenvalue weighted by Gasteiger charge is 2.34. The topological polar surface area (TPSA) is 76.2 Å². The van der Waals surface area contributed by atoms with Crippen molar-refractivity contribution in [1.82, 2.24) is 4.90 Å². The van der Waals surface area contributed by atoms with Crippen LogP contribution >= 0.6 is 0 Å². The quantitative estimate of drug-likeness (QED) is 0.442. The maximum atomic E-state index is 13.7. The van der Waals surface area contributed by atoms with Gasteiger partial charge >= 0.3 is 0 Å². The minimum atomic E-state index is -3.95. The Morgan fingerprint density at radius 3 is 2.46 bits per heavy atom. The Kier molecular flexibility index (Phi) is 7.12. The van der Waals surface area contributed by atoms with E-state index in [9.17, 15) is 13.2 Å². The summed E-state index contributed by atoms with van der Waals surface area (Å²) in [4.78, 5) is 14.3. The lowest BCUT2D eigenvalue weighted by Gasteiger charge is -2.22. The van der Waals surface area contributed by atoms with E-state index in [1.165, 1.54) is 30.7 Å². The Balaban J connectivity index is 1.66. The molecule has 3 aromatic rings. The highest BCUT2D eigenvalue weighted by Crippen LogP contribution is 2.40. The Labute approximate surface area is 206 Å². The van der Waals surface area contributed by atoms with Crippen LogP contribution in [0.15, 0.2) is 77.7 Å². The van der Waals surface area contributed by atoms with Gasteiger partial charge in [-0.15, -0.1) is 0 Å². The molecule has 8 heteroatoms. The van der Waals surface area contributed by atoms with Gasteiger partial charge in [0.2, 0.25) is 5.91 Å². The molecular formula is C27H28N2O5S. The monoisotopic (exact) mass is 492 g/mol. The minimum absolute atomic E-state index is 0.0132. The second-order valence-corrected chi connectivity index (χ2v) is 10.1. The van der Waals surface area contributed by atoms with Crippen LogP contribution in [0.3, 0.4) is 0 Å². The molecule has 0 saturated carbocycles. The summed E-state index contributed by atoms with van der Waals surface area (Å²) in [7, 11) is 0.630. The van der Waals surface area contributed by atoms with E-state index in [0.29, 0.717) is 30.8 Å². The van der Waals surface area contributed by atoms with Crippen LogP contribution < -0.4 is 13.8 Å². The molecule has 1 amide bonds. The van der Waals surface area contributed by atoms with Crippen molar-refractivity contribution in [3.8, 4) is 11.5 Å². The number of likely N-dealkylation sites (N-methyl/N-ethyl adjacent to an activating group) is 1. The van der Waals surface area contributed by atoms with Crippen molar-refractivity contribution in [3.05, 3.63) is 89.5 Å². The summed E-state index contributed by atoms with van der Waals surface area (Å²) < 4.78 is 39.8. The molecule has 0 aromatic heterocycles. The zero-order valence-electron chi connectivity index (χ0n) is 20.0. The molecule has 1 heterocycles. The van der Waals surface area contributed by atoms with Crippen LogP contribution in [-0.4, -0.2) is 47.0 Å². The maximum Gasteiger partial charge on any atom is 0.268 e. The second kappa shape index (κ2) is 10.2. The molecule has 0 atom stereocenters. The highest BCUT2D eigenvalue weighted by atomic mass is 32.2. The molecule has 182 valence electrons. The summed E-state index contributed by atoms with van der Waals surface area (Å²) in [5.41, 5.74) is 3.16. The Morgan fingerprint density at radius 1 is 1.03 bits per heavy atom. The molecule has 0 unspecified atom stereocenters. The van der Waals surface area contributed by atoms with E-state index in [-0.39, 0.29) is 22.3 Å². The lowest BCUT2D eigenvalue weighted by atomic mass is 10.1. The number of hydrogen-bond donors (Lipinski definition) is 0. The van der Waals surface area contributed by atoms with Crippen molar-refractivity contribution >= 4 is 27.7 Å². The lowest BCUT2D eigenvalue weighted by Crippen LogP contribution is -2.29. The van der Waals surface area contributed by atoms with Crippen LogP contribution in [0.1, 0.15) is 16.7 Å². The van der Waals surface area contributed by atoms with E-state index < -0.39 is 10.0 Å². The van der Waals surface area contributed by atoms with Crippen LogP contribution in [0.2, 0.25) is 0 Å². The molecule has 35 heavy (non-hydrogen) atoms. The van der Waals surface area contributed by atoms with Crippen molar-refractivity contribution in [3.63, 3.8) is 0 Å². The number of amides is 1. The summed E-state index contributed by atoms with van der Waals surface area (Å²) in [6, 6.07) is 20.3. The molecule has 0 N–H and O–H groups in total. The molecule has 0 fully saturated rings. The minimum Gasteiger partial charge on any atom is -0.493 e. The van der Waals surface area contributed by atoms with Gasteiger partial charge in [-0.3, -0.25) is 9.10 Å². The first-order valence-corrected chi connectivity index (χ1v) is 12.6. The third-order valence-corrected chi connectivity index (χ3v) is 7.76. The zero-order valence-corrected chi connectivity index (χ0v) is 20.8. The number of sulfonamides is 1. The number of nitrogens with zero attached hydrogens (tertiary/aromatic N) is 2. The van der Waals surface area contributed by atoms with Crippen molar-refractivity contribution in [1.29, 1.82) is 0 Å². The Bertz CT molecular complexity index is 1350. The number of hydrogen-bond acceptors (Lipinski definition) is 5. The van der Waals surface area contributed by atoms with Gasteiger partial charge in [0.1, 0.15) is 4.90 Å². The van der Waals surface area contributed by atoms with Crippen LogP contribution in [0.25, 0.3) is 6.08 Å². The number of carbonyl (C=O) groups excluding carboxylic acids is 1. The first kappa shape index (κ1) is 24.3. The van der Waals surface area contributed by atoms with E-state index in [0.717, 1.165) is 11.1 Å². The fourth-order valence-electron chi connectivity index (χ4n) is 4.14. The number of para-hydroxylation sites is 1. The van der Waals surface area contributed by atoms with Crippen LogP contribution in [0, 0.1) is 0 Å². The van der Waals surface area contributed by atoms with Gasteiger partial charge in [-0.1, -0.05) is 48.5 Å². The SMILES string of the molecule is COc1cc(/C=C/C(=O)N(C)Cc2ccccc2)cc(S(=O)(=O)N2CCc3ccccc32)c1OC. The third kappa shape index (κ3) is 5.02. The first-order valence-electron chi connectivity index (χ1n) is 11.2. The number of benzene rings is 3. The Morgan fingerprint density at radius 2 is 1.74 bits per heavy atom. The molecular weight excluding hydrogens is 464 g/mol. The predicted molar refractivity (Wildman–Crippen MR) is 136 cm³/mol. The predicted octanol–water partition coefficient (Wildman–Crippen LogP) is 4.13. The van der Waals surface area contributed by atoms with Gasteiger partial charge in [0.15, 0.2) is 11.5 Å². The van der Waals surface area contributed by atoms with Crippen LogP contribution in [0.4, 0.5) is 5.69 Å². The summed E-state index contributed by atoms with van der Waals surface area (Å²) in [5, 5.41) is 0. The number of methoxy groups -OCH3 is 2. The third-order valence-electron chi connectivity index (χ3n) is 5.94. The van der Waals surface area contributed by atoms with Gasteiger partial charge < -0.3 is 14.4 Å². The zero-order chi connectivity index (χ0) is 25.0. The molecule has 3 aromatic carbocycles. The van der Waals surface area contributed by atoms with Gasteiger partial charge in [0.05, 0.1) is 19.9 Å². The van der Waals surface area contributed by atoms with Crippen molar-refractivity contribution in [2.45, 2.75) is 17.9 Å². The number of fused-ring (bicyclic) bond motifs is 1. The number of anilines is 1. The molecule has 0 radical (unpaired) electrons. The van der Waals surface area contributed by atoms with Gasteiger partial charge in [-0.25, -0.2) is 8.42 Å². The normalized spacial score (nSPS) is 13.1. The molecule has 0 saturated heterocycles. The standard InChI is InChI=1S/C27H28N2O5S/c1-28(19-20-9-5-4-6-10-20)26(30)14-13-21-17-24(33-2)27(34-3)25(18-21)35(31,32)29-16-15-22-11-7-8-12-23(22)29/h4-14,17-18H,15-16,19H2,1-3H3/b14-13+. The summed E-state index contributed by atoms with van der Waals surface area (Å²) in [5.74, 6) is 0.189. The van der Waals surface area contributed by atoms with Crippen molar-refractivity contribution in [2.24, 2.45) is 0 Å². The molecule has 7 nitrogen and oxygen atoms in total. The molecule has 0 spiro atoms. The van der Waals surface area contributed by atoms with E-state index >= 15 is 0 Å². The summed E-state index contributed by atoms with van der Waals surface area (Å²) >= 11 is 0. The average Bonchev–Trinajstić information content (AvgIpc) is 3.32. The molecule has 4 rings (SSSR count). The van der Waals surface area contributed by atoms with Gasteiger partial charge in [-0.05, 0) is 47.4 Å². The number of carbonyl (C=O) groups is 1. The van der Waals surface area contributed by atoms with E-state index in [1.54, 1.807) is 30.2 Å². The summed E-state index contributed by atoms with van der Waals surface area (Å²) in [6.45, 7) is 0.805. The van der Waals surface area contributed by atoms with E-state index in [1.807, 2.05) is 48.5 Å². The molecule has 1 aliphatic rings. The maximum absolute atomic E-state index is 13.7. The Hall–Kier alpha value is -3.78. The lowest BCUT2D eigenvalue weighted by molar-refractivity contribution is -0.125. The average molecular weight is 493 g/mol. The fourth-order valence-corrected chi connectivity index (χ4v) is 5.85. The fraction of sp³-hybridized carbons (Fsp3) is 0.222. The van der Waals surface area contributed by atoms with E-state index in [2.05, 4.69) is 0 Å². The number of ether oxygens (including phenoxy) is 2. The smallest absolute Gasteiger partial charge is 0.268 e. The van der Waals surface area contributed by atoms with E-state index in [4.69, 9.17) is 9.47 Å². The van der Waals surface area contributed by atoms with Gasteiger partial charge in [0.25, 0.3) is 10.0 Å².